The Hall–Kier alpha value is -0.650. The summed E-state index contributed by atoms with van der Waals surface area (Å²) in [7, 11) is 1.70. The molecule has 1 unspecified atom stereocenters. The van der Waals surface area contributed by atoms with Gasteiger partial charge in [0.15, 0.2) is 0 Å². The molecule has 0 aliphatic rings. The summed E-state index contributed by atoms with van der Waals surface area (Å²) >= 11 is 3.34. The first-order valence-corrected chi connectivity index (χ1v) is 5.97. The smallest absolute Gasteiger partial charge is 0.138 e. The van der Waals surface area contributed by atoms with Gasteiger partial charge in [0.25, 0.3) is 0 Å². The zero-order valence-electron chi connectivity index (χ0n) is 9.57. The van der Waals surface area contributed by atoms with Gasteiger partial charge >= 0.3 is 0 Å². The van der Waals surface area contributed by atoms with Crippen molar-refractivity contribution in [3.63, 3.8) is 0 Å². The van der Waals surface area contributed by atoms with Crippen molar-refractivity contribution in [3.05, 3.63) is 22.9 Å². The average Bonchev–Trinajstić information content (AvgIpc) is 2.25. The Morgan fingerprint density at radius 2 is 2.31 bits per heavy atom. The molecule has 1 atom stereocenters. The van der Waals surface area contributed by atoms with E-state index in [-0.39, 0.29) is 0 Å². The van der Waals surface area contributed by atoms with Crippen LogP contribution in [0.4, 0.5) is 0 Å². The number of hydrogen-bond acceptors (Lipinski definition) is 4. The first kappa shape index (κ1) is 13.4. The van der Waals surface area contributed by atoms with Crippen molar-refractivity contribution >= 4 is 15.9 Å². The van der Waals surface area contributed by atoms with Crippen molar-refractivity contribution in [3.8, 4) is 5.75 Å². The summed E-state index contributed by atoms with van der Waals surface area (Å²) in [5.74, 6) is 0.774. The fourth-order valence-electron chi connectivity index (χ4n) is 1.25. The lowest BCUT2D eigenvalue weighted by Crippen LogP contribution is -2.33. The fourth-order valence-corrected chi connectivity index (χ4v) is 1.60. The Balaban J connectivity index is 2.16. The van der Waals surface area contributed by atoms with Crippen LogP contribution in [0.1, 0.15) is 6.92 Å². The number of pyridine rings is 1. The molecule has 1 aromatic rings. The molecular formula is C11H17BrN2O2. The topological polar surface area (TPSA) is 43.4 Å². The summed E-state index contributed by atoms with van der Waals surface area (Å²) in [6.45, 7) is 4.19. The number of hydrogen-bond donors (Lipinski definition) is 1. The number of halogens is 1. The van der Waals surface area contributed by atoms with Gasteiger partial charge in [0, 0.05) is 30.4 Å². The second kappa shape index (κ2) is 7.60. The average molecular weight is 289 g/mol. The lowest BCUT2D eigenvalue weighted by atomic mass is 10.3. The Kier molecular flexibility index (Phi) is 6.37. The monoisotopic (exact) mass is 288 g/mol. The van der Waals surface area contributed by atoms with Gasteiger partial charge in [0.2, 0.25) is 0 Å². The Labute approximate surface area is 104 Å². The molecule has 0 saturated heterocycles. The SMILES string of the molecule is COCC(C)NCCOc1cncc(Br)c1. The molecule has 0 amide bonds. The van der Waals surface area contributed by atoms with Crippen LogP contribution in [0, 0.1) is 0 Å². The Morgan fingerprint density at radius 1 is 1.50 bits per heavy atom. The van der Waals surface area contributed by atoms with E-state index >= 15 is 0 Å². The highest BCUT2D eigenvalue weighted by Crippen LogP contribution is 2.15. The third-order valence-electron chi connectivity index (χ3n) is 1.96. The van der Waals surface area contributed by atoms with E-state index in [1.54, 1.807) is 19.5 Å². The van der Waals surface area contributed by atoms with E-state index in [1.165, 1.54) is 0 Å². The van der Waals surface area contributed by atoms with Crippen molar-refractivity contribution in [2.24, 2.45) is 0 Å². The first-order valence-electron chi connectivity index (χ1n) is 5.18. The van der Waals surface area contributed by atoms with Gasteiger partial charge in [0.1, 0.15) is 12.4 Å². The molecule has 0 fully saturated rings. The standard InChI is InChI=1S/C11H17BrN2O2/c1-9(8-15-2)14-3-4-16-11-5-10(12)6-13-7-11/h5-7,9,14H,3-4,8H2,1-2H3. The molecule has 5 heteroatoms. The highest BCUT2D eigenvalue weighted by molar-refractivity contribution is 9.10. The minimum atomic E-state index is 0.342. The van der Waals surface area contributed by atoms with Crippen LogP contribution in [0.25, 0.3) is 0 Å². The number of aromatic nitrogens is 1. The van der Waals surface area contributed by atoms with Crippen LogP contribution < -0.4 is 10.1 Å². The Morgan fingerprint density at radius 3 is 3.00 bits per heavy atom. The molecule has 0 spiro atoms. The molecule has 0 saturated carbocycles. The number of ether oxygens (including phenoxy) is 2. The second-order valence-electron chi connectivity index (χ2n) is 3.50. The molecule has 0 radical (unpaired) electrons. The van der Waals surface area contributed by atoms with Crippen LogP contribution in [-0.2, 0) is 4.74 Å². The largest absolute Gasteiger partial charge is 0.491 e. The van der Waals surface area contributed by atoms with E-state index in [2.05, 4.69) is 33.2 Å². The van der Waals surface area contributed by atoms with E-state index in [9.17, 15) is 0 Å². The molecule has 0 aliphatic heterocycles. The summed E-state index contributed by atoms with van der Waals surface area (Å²) in [6, 6.07) is 2.24. The van der Waals surface area contributed by atoms with Crippen LogP contribution in [0.3, 0.4) is 0 Å². The molecule has 0 bridgehead atoms. The zero-order valence-corrected chi connectivity index (χ0v) is 11.2. The van der Waals surface area contributed by atoms with E-state index in [1.807, 2.05) is 6.07 Å². The highest BCUT2D eigenvalue weighted by atomic mass is 79.9. The summed E-state index contributed by atoms with van der Waals surface area (Å²) < 4.78 is 11.5. The lowest BCUT2D eigenvalue weighted by molar-refractivity contribution is 0.169. The van der Waals surface area contributed by atoms with Crippen molar-refractivity contribution in [1.82, 2.24) is 10.3 Å². The van der Waals surface area contributed by atoms with Crippen molar-refractivity contribution < 1.29 is 9.47 Å². The maximum absolute atomic E-state index is 5.52. The van der Waals surface area contributed by atoms with Gasteiger partial charge < -0.3 is 14.8 Å². The van der Waals surface area contributed by atoms with Crippen molar-refractivity contribution in [2.45, 2.75) is 13.0 Å². The summed E-state index contributed by atoms with van der Waals surface area (Å²) in [6.07, 6.45) is 3.43. The molecule has 1 N–H and O–H groups in total. The minimum absolute atomic E-state index is 0.342. The third kappa shape index (κ3) is 5.44. The lowest BCUT2D eigenvalue weighted by Gasteiger charge is -2.12. The predicted molar refractivity (Wildman–Crippen MR) is 66.8 cm³/mol. The van der Waals surface area contributed by atoms with Gasteiger partial charge in [-0.3, -0.25) is 4.98 Å². The molecule has 90 valence electrons. The Bertz CT molecular complexity index is 310. The molecule has 0 aromatic carbocycles. The van der Waals surface area contributed by atoms with Crippen LogP contribution in [0.2, 0.25) is 0 Å². The van der Waals surface area contributed by atoms with E-state index in [0.29, 0.717) is 19.3 Å². The first-order chi connectivity index (χ1) is 7.72. The van der Waals surface area contributed by atoms with E-state index < -0.39 is 0 Å². The minimum Gasteiger partial charge on any atom is -0.491 e. The molecule has 16 heavy (non-hydrogen) atoms. The van der Waals surface area contributed by atoms with Gasteiger partial charge in [-0.05, 0) is 28.9 Å². The van der Waals surface area contributed by atoms with Crippen molar-refractivity contribution in [1.29, 1.82) is 0 Å². The fraction of sp³-hybridized carbons (Fsp3) is 0.545. The predicted octanol–water partition coefficient (Wildman–Crippen LogP) is 1.85. The van der Waals surface area contributed by atoms with Crippen LogP contribution in [0.5, 0.6) is 5.75 Å². The maximum atomic E-state index is 5.52. The van der Waals surface area contributed by atoms with Crippen LogP contribution in [0.15, 0.2) is 22.9 Å². The quantitative estimate of drug-likeness (QED) is 0.778. The van der Waals surface area contributed by atoms with E-state index in [0.717, 1.165) is 16.8 Å². The summed E-state index contributed by atoms with van der Waals surface area (Å²) in [4.78, 5) is 4.02. The normalized spacial score (nSPS) is 12.4. The van der Waals surface area contributed by atoms with E-state index in [4.69, 9.17) is 9.47 Å². The molecule has 4 nitrogen and oxygen atoms in total. The molecule has 0 aliphatic carbocycles. The number of nitrogens with zero attached hydrogens (tertiary/aromatic N) is 1. The second-order valence-corrected chi connectivity index (χ2v) is 4.41. The van der Waals surface area contributed by atoms with Gasteiger partial charge in [-0.1, -0.05) is 0 Å². The van der Waals surface area contributed by atoms with Crippen LogP contribution >= 0.6 is 15.9 Å². The van der Waals surface area contributed by atoms with Gasteiger partial charge in [-0.15, -0.1) is 0 Å². The van der Waals surface area contributed by atoms with Gasteiger partial charge in [-0.2, -0.15) is 0 Å². The number of nitrogens with one attached hydrogen (secondary N) is 1. The van der Waals surface area contributed by atoms with Gasteiger partial charge in [0.05, 0.1) is 12.8 Å². The summed E-state index contributed by atoms with van der Waals surface area (Å²) in [5, 5.41) is 3.29. The summed E-state index contributed by atoms with van der Waals surface area (Å²) in [5.41, 5.74) is 0. The number of rotatable bonds is 7. The molecule has 1 aromatic heterocycles. The van der Waals surface area contributed by atoms with Gasteiger partial charge in [-0.25, -0.2) is 0 Å². The van der Waals surface area contributed by atoms with Crippen LogP contribution in [-0.4, -0.2) is 37.9 Å². The molecule has 1 rings (SSSR count). The van der Waals surface area contributed by atoms with Crippen molar-refractivity contribution in [2.75, 3.05) is 26.9 Å². The molecule has 1 heterocycles. The number of methoxy groups -OCH3 is 1. The third-order valence-corrected chi connectivity index (χ3v) is 2.39. The maximum Gasteiger partial charge on any atom is 0.138 e. The molecular weight excluding hydrogens is 272 g/mol. The highest BCUT2D eigenvalue weighted by Gasteiger charge is 2.00. The zero-order chi connectivity index (χ0) is 11.8.